The van der Waals surface area contributed by atoms with Crippen molar-refractivity contribution in [3.8, 4) is 0 Å². The molecule has 5 heteroatoms. The lowest BCUT2D eigenvalue weighted by atomic mass is 10.2. The molecule has 0 atom stereocenters. The molecule has 0 radical (unpaired) electrons. The van der Waals surface area contributed by atoms with E-state index in [1.54, 1.807) is 19.9 Å². The van der Waals surface area contributed by atoms with Crippen LogP contribution in [-0.4, -0.2) is 12.7 Å². The van der Waals surface area contributed by atoms with Gasteiger partial charge < -0.3 is 4.74 Å². The van der Waals surface area contributed by atoms with Crippen LogP contribution in [0.1, 0.15) is 12.5 Å². The third-order valence-electron chi connectivity index (χ3n) is 1.78. The number of aryl methyl sites for hydroxylation is 1. The number of hydrogen-bond donors (Lipinski definition) is 1. The molecule has 0 spiro atoms. The first kappa shape index (κ1) is 12.0. The first-order valence-electron chi connectivity index (χ1n) is 4.44. The van der Waals surface area contributed by atoms with Gasteiger partial charge in [-0.3, -0.25) is 5.32 Å². The van der Waals surface area contributed by atoms with Crippen molar-refractivity contribution in [3.63, 3.8) is 0 Å². The quantitative estimate of drug-likeness (QED) is 0.898. The van der Waals surface area contributed by atoms with Crippen LogP contribution in [0.4, 0.5) is 14.9 Å². The molecule has 1 rings (SSSR count). The van der Waals surface area contributed by atoms with E-state index in [-0.39, 0.29) is 6.61 Å². The lowest BCUT2D eigenvalue weighted by molar-refractivity contribution is 0.168. The molecule has 0 saturated heterocycles. The Morgan fingerprint density at radius 1 is 1.60 bits per heavy atom. The second-order valence-electron chi connectivity index (χ2n) is 2.93. The maximum atomic E-state index is 13.2. The molecule has 1 aromatic rings. The minimum Gasteiger partial charge on any atom is -0.450 e. The fourth-order valence-electron chi connectivity index (χ4n) is 1.06. The Morgan fingerprint density at radius 2 is 2.27 bits per heavy atom. The lowest BCUT2D eigenvalue weighted by Gasteiger charge is -2.08. The van der Waals surface area contributed by atoms with Gasteiger partial charge in [-0.1, -0.05) is 0 Å². The van der Waals surface area contributed by atoms with Crippen LogP contribution in [0, 0.1) is 12.7 Å². The van der Waals surface area contributed by atoms with E-state index in [4.69, 9.17) is 0 Å². The standard InChI is InChI=1S/C10H11BrFNO2/c1-3-15-10(14)13-9-5-8(12)7(11)4-6(9)2/h4-5H,3H2,1-2H3,(H,13,14). The number of benzene rings is 1. The maximum absolute atomic E-state index is 13.2. The summed E-state index contributed by atoms with van der Waals surface area (Å²) in [5.74, 6) is -0.424. The summed E-state index contributed by atoms with van der Waals surface area (Å²) >= 11 is 3.06. The highest BCUT2D eigenvalue weighted by molar-refractivity contribution is 9.10. The number of anilines is 1. The summed E-state index contributed by atoms with van der Waals surface area (Å²) < 4.78 is 18.2. The highest BCUT2D eigenvalue weighted by atomic mass is 79.9. The van der Waals surface area contributed by atoms with Gasteiger partial charge in [0.1, 0.15) is 5.82 Å². The molecule has 0 fully saturated rings. The molecule has 1 aromatic carbocycles. The van der Waals surface area contributed by atoms with E-state index in [0.29, 0.717) is 10.2 Å². The van der Waals surface area contributed by atoms with Gasteiger partial charge in [0.2, 0.25) is 0 Å². The van der Waals surface area contributed by atoms with Gasteiger partial charge in [-0.05, 0) is 47.5 Å². The van der Waals surface area contributed by atoms with Gasteiger partial charge in [0.05, 0.1) is 11.1 Å². The second kappa shape index (κ2) is 5.11. The summed E-state index contributed by atoms with van der Waals surface area (Å²) in [7, 11) is 0. The van der Waals surface area contributed by atoms with Crippen LogP contribution in [0.5, 0.6) is 0 Å². The maximum Gasteiger partial charge on any atom is 0.411 e. The second-order valence-corrected chi connectivity index (χ2v) is 3.78. The topological polar surface area (TPSA) is 38.3 Å². The number of rotatable bonds is 2. The molecular weight excluding hydrogens is 265 g/mol. The van der Waals surface area contributed by atoms with Crippen LogP contribution in [0.25, 0.3) is 0 Å². The molecule has 82 valence electrons. The van der Waals surface area contributed by atoms with E-state index >= 15 is 0 Å². The van der Waals surface area contributed by atoms with E-state index in [2.05, 4.69) is 26.0 Å². The average molecular weight is 276 g/mol. The number of halogens is 2. The molecule has 0 heterocycles. The molecule has 0 saturated carbocycles. The number of amides is 1. The SMILES string of the molecule is CCOC(=O)Nc1cc(F)c(Br)cc1C. The summed E-state index contributed by atoms with van der Waals surface area (Å²) in [6, 6.07) is 2.84. The highest BCUT2D eigenvalue weighted by Gasteiger charge is 2.08. The van der Waals surface area contributed by atoms with E-state index in [1.807, 2.05) is 0 Å². The number of carbonyl (C=O) groups excluding carboxylic acids is 1. The van der Waals surface area contributed by atoms with Crippen molar-refractivity contribution < 1.29 is 13.9 Å². The summed E-state index contributed by atoms with van der Waals surface area (Å²) in [5.41, 5.74) is 1.17. The fourth-order valence-corrected chi connectivity index (χ4v) is 1.52. The number of ether oxygens (including phenoxy) is 1. The summed E-state index contributed by atoms with van der Waals surface area (Å²) in [5, 5.41) is 2.46. The van der Waals surface area contributed by atoms with Gasteiger partial charge in [-0.15, -0.1) is 0 Å². The summed E-state index contributed by atoms with van der Waals surface area (Å²) in [6.45, 7) is 3.75. The van der Waals surface area contributed by atoms with Crippen LogP contribution < -0.4 is 5.32 Å². The van der Waals surface area contributed by atoms with Crippen LogP contribution >= 0.6 is 15.9 Å². The molecule has 0 aliphatic rings. The van der Waals surface area contributed by atoms with E-state index in [9.17, 15) is 9.18 Å². The smallest absolute Gasteiger partial charge is 0.411 e. The van der Waals surface area contributed by atoms with Crippen molar-refractivity contribution in [1.29, 1.82) is 0 Å². The Kier molecular flexibility index (Phi) is 4.08. The molecule has 0 unspecified atom stereocenters. The lowest BCUT2D eigenvalue weighted by Crippen LogP contribution is -2.14. The van der Waals surface area contributed by atoms with E-state index < -0.39 is 11.9 Å². The molecule has 1 amide bonds. The van der Waals surface area contributed by atoms with Gasteiger partial charge in [-0.2, -0.15) is 0 Å². The van der Waals surface area contributed by atoms with Crippen molar-refractivity contribution >= 4 is 27.7 Å². The Balaban J connectivity index is 2.86. The fraction of sp³-hybridized carbons (Fsp3) is 0.300. The molecule has 3 nitrogen and oxygen atoms in total. The zero-order chi connectivity index (χ0) is 11.4. The zero-order valence-corrected chi connectivity index (χ0v) is 10.0. The predicted octanol–water partition coefficient (Wildman–Crippen LogP) is 3.47. The van der Waals surface area contributed by atoms with Gasteiger partial charge >= 0.3 is 6.09 Å². The minimum absolute atomic E-state index is 0.282. The molecule has 1 N–H and O–H groups in total. The zero-order valence-electron chi connectivity index (χ0n) is 8.43. The molecule has 0 aromatic heterocycles. The Morgan fingerprint density at radius 3 is 2.87 bits per heavy atom. The third-order valence-corrected chi connectivity index (χ3v) is 2.39. The Labute approximate surface area is 95.7 Å². The van der Waals surface area contributed by atoms with Crippen molar-refractivity contribution in [3.05, 3.63) is 28.0 Å². The predicted molar refractivity (Wildman–Crippen MR) is 59.5 cm³/mol. The van der Waals surface area contributed by atoms with Crippen molar-refractivity contribution in [2.75, 3.05) is 11.9 Å². The summed E-state index contributed by atoms with van der Waals surface area (Å²) in [4.78, 5) is 11.1. The normalized spacial score (nSPS) is 9.87. The van der Waals surface area contributed by atoms with Crippen LogP contribution in [0.15, 0.2) is 16.6 Å². The van der Waals surface area contributed by atoms with Crippen molar-refractivity contribution in [2.45, 2.75) is 13.8 Å². The first-order chi connectivity index (χ1) is 7.04. The largest absolute Gasteiger partial charge is 0.450 e. The van der Waals surface area contributed by atoms with Crippen LogP contribution in [0.2, 0.25) is 0 Å². The average Bonchev–Trinajstić information content (AvgIpc) is 2.14. The molecular formula is C10H11BrFNO2. The van der Waals surface area contributed by atoms with Gasteiger partial charge in [-0.25, -0.2) is 9.18 Å². The van der Waals surface area contributed by atoms with E-state index in [0.717, 1.165) is 5.56 Å². The third kappa shape index (κ3) is 3.20. The molecule has 0 aliphatic heterocycles. The molecule has 0 bridgehead atoms. The van der Waals surface area contributed by atoms with Crippen molar-refractivity contribution in [1.82, 2.24) is 0 Å². The minimum atomic E-state index is -0.581. The van der Waals surface area contributed by atoms with Crippen molar-refractivity contribution in [2.24, 2.45) is 0 Å². The Bertz CT molecular complexity index is 382. The van der Waals surface area contributed by atoms with Gasteiger partial charge in [0, 0.05) is 5.69 Å². The van der Waals surface area contributed by atoms with Gasteiger partial charge in [0.15, 0.2) is 0 Å². The molecule has 0 aliphatic carbocycles. The number of hydrogen-bond acceptors (Lipinski definition) is 2. The van der Waals surface area contributed by atoms with Crippen LogP contribution in [-0.2, 0) is 4.74 Å². The highest BCUT2D eigenvalue weighted by Crippen LogP contribution is 2.23. The van der Waals surface area contributed by atoms with E-state index in [1.165, 1.54) is 6.07 Å². The Hall–Kier alpha value is -1.10. The van der Waals surface area contributed by atoms with Crippen LogP contribution in [0.3, 0.4) is 0 Å². The monoisotopic (exact) mass is 275 g/mol. The first-order valence-corrected chi connectivity index (χ1v) is 5.23. The van der Waals surface area contributed by atoms with Gasteiger partial charge in [0.25, 0.3) is 0 Å². The number of nitrogens with one attached hydrogen (secondary N) is 1. The molecule has 15 heavy (non-hydrogen) atoms. The summed E-state index contributed by atoms with van der Waals surface area (Å²) in [6.07, 6.45) is -0.581. The number of carbonyl (C=O) groups is 1.